The number of fused-ring (bicyclic) bond motifs is 1. The third kappa shape index (κ3) is 3.59. The molecule has 1 aliphatic heterocycles. The number of amides is 1. The van der Waals surface area contributed by atoms with Gasteiger partial charge in [0.25, 0.3) is 0 Å². The summed E-state index contributed by atoms with van der Waals surface area (Å²) in [6, 6.07) is 9.87. The Bertz CT molecular complexity index is 905. The van der Waals surface area contributed by atoms with Gasteiger partial charge in [0.15, 0.2) is 11.5 Å². The normalized spacial score (nSPS) is 12.3. The maximum Gasteiger partial charge on any atom is 0.231 e. The average Bonchev–Trinajstić information content (AvgIpc) is 3.39. The number of hydrogen-bond acceptors (Lipinski definition) is 6. The van der Waals surface area contributed by atoms with Crippen LogP contribution in [-0.4, -0.2) is 29.1 Å². The lowest BCUT2D eigenvalue weighted by Gasteiger charge is -2.20. The number of carbonyl (C=O) groups excluding carboxylic acids is 1. The van der Waals surface area contributed by atoms with Crippen LogP contribution >= 0.6 is 22.7 Å². The molecule has 3 heterocycles. The molecule has 2 aromatic heterocycles. The number of likely N-dealkylation sites (N-methyl/N-ethyl adjacent to an activating group) is 1. The molecule has 4 rings (SSSR count). The van der Waals surface area contributed by atoms with Crippen molar-refractivity contribution in [2.45, 2.75) is 19.9 Å². The topological polar surface area (TPSA) is 51.7 Å². The van der Waals surface area contributed by atoms with Crippen LogP contribution in [0.2, 0.25) is 0 Å². The van der Waals surface area contributed by atoms with Crippen molar-refractivity contribution in [2.24, 2.45) is 0 Å². The molecule has 1 aliphatic rings. The number of benzene rings is 1. The lowest BCUT2D eigenvalue weighted by molar-refractivity contribution is -0.130. The van der Waals surface area contributed by atoms with Gasteiger partial charge >= 0.3 is 0 Å². The molecular weight excluding hydrogens is 368 g/mol. The fraction of sp³-hybridized carbons (Fsp3) is 0.263. The predicted molar refractivity (Wildman–Crippen MR) is 103 cm³/mol. The van der Waals surface area contributed by atoms with Crippen molar-refractivity contribution in [1.29, 1.82) is 0 Å². The highest BCUT2D eigenvalue weighted by molar-refractivity contribution is 7.20. The van der Waals surface area contributed by atoms with E-state index in [-0.39, 0.29) is 12.7 Å². The van der Waals surface area contributed by atoms with Gasteiger partial charge in [-0.15, -0.1) is 22.7 Å². The summed E-state index contributed by atoms with van der Waals surface area (Å²) in [7, 11) is 0. The van der Waals surface area contributed by atoms with Gasteiger partial charge in [0, 0.05) is 18.5 Å². The van der Waals surface area contributed by atoms with E-state index in [0.717, 1.165) is 32.6 Å². The molecule has 3 aromatic rings. The molecule has 0 radical (unpaired) electrons. The molecule has 0 fully saturated rings. The molecule has 1 aromatic carbocycles. The molecule has 0 aliphatic carbocycles. The Morgan fingerprint density at radius 2 is 2.12 bits per heavy atom. The number of thiophene rings is 1. The Kier molecular flexibility index (Phi) is 4.90. The number of carbonyl (C=O) groups is 1. The second kappa shape index (κ2) is 7.47. The minimum absolute atomic E-state index is 0.0770. The molecule has 0 saturated heterocycles. The summed E-state index contributed by atoms with van der Waals surface area (Å²) in [5.41, 5.74) is 1.86. The van der Waals surface area contributed by atoms with Crippen molar-refractivity contribution in [3.8, 4) is 21.4 Å². The van der Waals surface area contributed by atoms with Gasteiger partial charge in [-0.2, -0.15) is 0 Å². The molecule has 134 valence electrons. The minimum Gasteiger partial charge on any atom is -0.454 e. The Labute approximate surface area is 159 Å². The highest BCUT2D eigenvalue weighted by atomic mass is 32.1. The fourth-order valence-corrected chi connectivity index (χ4v) is 4.44. The van der Waals surface area contributed by atoms with Crippen LogP contribution < -0.4 is 9.47 Å². The van der Waals surface area contributed by atoms with Crippen molar-refractivity contribution in [3.05, 3.63) is 52.3 Å². The largest absolute Gasteiger partial charge is 0.454 e. The van der Waals surface area contributed by atoms with E-state index in [1.54, 1.807) is 22.7 Å². The van der Waals surface area contributed by atoms with E-state index in [1.807, 2.05) is 52.9 Å². The zero-order chi connectivity index (χ0) is 17.9. The molecule has 1 amide bonds. The van der Waals surface area contributed by atoms with E-state index in [2.05, 4.69) is 4.98 Å². The summed E-state index contributed by atoms with van der Waals surface area (Å²) in [4.78, 5) is 20.3. The second-order valence-corrected chi connectivity index (χ2v) is 7.70. The van der Waals surface area contributed by atoms with Gasteiger partial charge < -0.3 is 14.4 Å². The van der Waals surface area contributed by atoms with E-state index in [1.165, 1.54) is 0 Å². The first kappa shape index (κ1) is 17.1. The Morgan fingerprint density at radius 1 is 1.23 bits per heavy atom. The number of thiazole rings is 1. The van der Waals surface area contributed by atoms with Crippen LogP contribution in [0.15, 0.2) is 41.1 Å². The fourth-order valence-electron chi connectivity index (χ4n) is 2.80. The van der Waals surface area contributed by atoms with E-state index in [4.69, 9.17) is 9.47 Å². The van der Waals surface area contributed by atoms with Gasteiger partial charge in [-0.25, -0.2) is 4.98 Å². The predicted octanol–water partition coefficient (Wildman–Crippen LogP) is 4.19. The quantitative estimate of drug-likeness (QED) is 0.637. The smallest absolute Gasteiger partial charge is 0.231 e. The molecule has 26 heavy (non-hydrogen) atoms. The van der Waals surface area contributed by atoms with Gasteiger partial charge in [-0.05, 0) is 36.1 Å². The molecule has 0 saturated carbocycles. The highest BCUT2D eigenvalue weighted by Gasteiger charge is 2.18. The summed E-state index contributed by atoms with van der Waals surface area (Å²) >= 11 is 3.25. The molecule has 7 heteroatoms. The van der Waals surface area contributed by atoms with Gasteiger partial charge in [-0.3, -0.25) is 4.79 Å². The van der Waals surface area contributed by atoms with Crippen molar-refractivity contribution < 1.29 is 14.3 Å². The first-order valence-electron chi connectivity index (χ1n) is 8.37. The van der Waals surface area contributed by atoms with Gasteiger partial charge in [0.2, 0.25) is 12.7 Å². The van der Waals surface area contributed by atoms with Gasteiger partial charge in [0.05, 0.1) is 17.0 Å². The summed E-state index contributed by atoms with van der Waals surface area (Å²) in [6.07, 6.45) is 0.320. The summed E-state index contributed by atoms with van der Waals surface area (Å²) in [5.74, 6) is 1.57. The maximum absolute atomic E-state index is 12.7. The Morgan fingerprint density at radius 3 is 2.92 bits per heavy atom. The van der Waals surface area contributed by atoms with Crippen molar-refractivity contribution >= 4 is 28.6 Å². The zero-order valence-corrected chi connectivity index (χ0v) is 15.9. The molecular formula is C19H18N2O3S2. The minimum atomic E-state index is 0.0770. The first-order chi connectivity index (χ1) is 12.7. The lowest BCUT2D eigenvalue weighted by atomic mass is 10.1. The number of rotatable bonds is 6. The van der Waals surface area contributed by atoms with Gasteiger partial charge in [-0.1, -0.05) is 12.1 Å². The van der Waals surface area contributed by atoms with Crippen LogP contribution in [0.25, 0.3) is 9.88 Å². The monoisotopic (exact) mass is 386 g/mol. The summed E-state index contributed by atoms with van der Waals surface area (Å²) < 4.78 is 10.8. The van der Waals surface area contributed by atoms with Crippen LogP contribution in [-0.2, 0) is 17.8 Å². The first-order valence-corrected chi connectivity index (χ1v) is 10.1. The van der Waals surface area contributed by atoms with Crippen LogP contribution in [0.1, 0.15) is 18.2 Å². The number of aromatic nitrogens is 1. The zero-order valence-electron chi connectivity index (χ0n) is 14.3. The molecule has 0 N–H and O–H groups in total. The third-order valence-electron chi connectivity index (χ3n) is 4.16. The standard InChI is InChI=1S/C19H18N2O3S2/c1-2-21(10-13-5-6-15-16(8-13)24-12-23-15)18(22)9-14-11-26-19(20-14)17-4-3-7-25-17/h3-8,11H,2,9-10,12H2,1H3. The van der Waals surface area contributed by atoms with Crippen LogP contribution in [0.3, 0.4) is 0 Å². The van der Waals surface area contributed by atoms with Crippen LogP contribution in [0.5, 0.6) is 11.5 Å². The molecule has 0 spiro atoms. The number of hydrogen-bond donors (Lipinski definition) is 0. The lowest BCUT2D eigenvalue weighted by Crippen LogP contribution is -2.31. The van der Waals surface area contributed by atoms with Crippen molar-refractivity contribution in [3.63, 3.8) is 0 Å². The van der Waals surface area contributed by atoms with E-state index >= 15 is 0 Å². The Hall–Kier alpha value is -2.38. The Balaban J connectivity index is 1.42. The van der Waals surface area contributed by atoms with E-state index < -0.39 is 0 Å². The average molecular weight is 386 g/mol. The summed E-state index contributed by atoms with van der Waals surface area (Å²) in [6.45, 7) is 3.44. The van der Waals surface area contributed by atoms with E-state index in [9.17, 15) is 4.79 Å². The molecule has 5 nitrogen and oxygen atoms in total. The second-order valence-electron chi connectivity index (χ2n) is 5.89. The van der Waals surface area contributed by atoms with Crippen molar-refractivity contribution in [1.82, 2.24) is 9.88 Å². The van der Waals surface area contributed by atoms with Crippen LogP contribution in [0, 0.1) is 0 Å². The molecule has 0 unspecified atom stereocenters. The molecule has 0 atom stereocenters. The number of nitrogens with zero attached hydrogens (tertiary/aromatic N) is 2. The van der Waals surface area contributed by atoms with Gasteiger partial charge in [0.1, 0.15) is 5.01 Å². The van der Waals surface area contributed by atoms with Crippen LogP contribution in [0.4, 0.5) is 0 Å². The highest BCUT2D eigenvalue weighted by Crippen LogP contribution is 2.33. The van der Waals surface area contributed by atoms with Crippen molar-refractivity contribution in [2.75, 3.05) is 13.3 Å². The maximum atomic E-state index is 12.7. The summed E-state index contributed by atoms with van der Waals surface area (Å²) in [5, 5.41) is 4.98. The molecule has 0 bridgehead atoms. The number of ether oxygens (including phenoxy) is 2. The SMILES string of the molecule is CCN(Cc1ccc2c(c1)OCO2)C(=O)Cc1csc(-c2cccs2)n1. The van der Waals surface area contributed by atoms with E-state index in [0.29, 0.717) is 19.5 Å². The third-order valence-corrected chi connectivity index (χ3v) is 6.09.